The summed E-state index contributed by atoms with van der Waals surface area (Å²) in [5.74, 6) is 1.32. The molecule has 0 aromatic heterocycles. The lowest BCUT2D eigenvalue weighted by molar-refractivity contribution is 0.104. The first-order chi connectivity index (χ1) is 11.1. The maximum atomic E-state index is 12.2. The minimum absolute atomic E-state index is 0.00940. The van der Waals surface area contributed by atoms with Crippen LogP contribution < -0.4 is 14.2 Å². The average molecular weight is 314 g/mol. The summed E-state index contributed by atoms with van der Waals surface area (Å²) in [7, 11) is 4.56. The molecule has 0 amide bonds. The molecule has 2 aromatic carbocycles. The van der Waals surface area contributed by atoms with Gasteiger partial charge in [0, 0.05) is 17.2 Å². The number of carbonyl (C=O) groups is 1. The SMILES string of the molecule is COc1ccc(C=CC(=O)c2ccc(O)c(OC)c2)c(OC)c1. The standard InChI is InChI=1S/C18H18O5/c1-21-14-7-4-12(17(11-14)22-2)5-8-15(19)13-6-9-16(20)18(10-13)23-3/h4-11,20H,1-3H3. The van der Waals surface area contributed by atoms with Gasteiger partial charge in [-0.15, -0.1) is 0 Å². The van der Waals surface area contributed by atoms with Crippen molar-refractivity contribution in [2.45, 2.75) is 0 Å². The number of aromatic hydroxyl groups is 1. The smallest absolute Gasteiger partial charge is 0.185 e. The van der Waals surface area contributed by atoms with E-state index in [1.807, 2.05) is 0 Å². The largest absolute Gasteiger partial charge is 0.504 e. The molecule has 0 aliphatic rings. The maximum Gasteiger partial charge on any atom is 0.185 e. The lowest BCUT2D eigenvalue weighted by Crippen LogP contribution is -1.96. The Bertz CT molecular complexity index is 734. The average Bonchev–Trinajstić information content (AvgIpc) is 2.59. The Morgan fingerprint density at radius 3 is 2.35 bits per heavy atom. The molecular weight excluding hydrogens is 296 g/mol. The number of hydrogen-bond donors (Lipinski definition) is 1. The summed E-state index contributed by atoms with van der Waals surface area (Å²) < 4.78 is 15.4. The van der Waals surface area contributed by atoms with Crippen LogP contribution >= 0.6 is 0 Å². The van der Waals surface area contributed by atoms with E-state index >= 15 is 0 Å². The molecule has 0 aliphatic heterocycles. The molecule has 0 heterocycles. The van der Waals surface area contributed by atoms with Gasteiger partial charge in [0.05, 0.1) is 21.3 Å². The van der Waals surface area contributed by atoms with Crippen molar-refractivity contribution in [1.82, 2.24) is 0 Å². The van der Waals surface area contributed by atoms with Crippen molar-refractivity contribution in [3.8, 4) is 23.0 Å². The van der Waals surface area contributed by atoms with E-state index in [4.69, 9.17) is 14.2 Å². The molecule has 120 valence electrons. The van der Waals surface area contributed by atoms with E-state index in [1.54, 1.807) is 38.5 Å². The third-order valence-electron chi connectivity index (χ3n) is 3.32. The highest BCUT2D eigenvalue weighted by atomic mass is 16.5. The minimum atomic E-state index is -0.207. The van der Waals surface area contributed by atoms with Crippen LogP contribution in [0.5, 0.6) is 23.0 Å². The van der Waals surface area contributed by atoms with E-state index in [-0.39, 0.29) is 17.3 Å². The van der Waals surface area contributed by atoms with Crippen molar-refractivity contribution in [2.24, 2.45) is 0 Å². The summed E-state index contributed by atoms with van der Waals surface area (Å²) in [5, 5.41) is 9.56. The van der Waals surface area contributed by atoms with Crippen LogP contribution in [0.2, 0.25) is 0 Å². The maximum absolute atomic E-state index is 12.2. The number of benzene rings is 2. The molecule has 0 unspecified atom stereocenters. The Kier molecular flexibility index (Phi) is 5.25. The Labute approximate surface area is 134 Å². The predicted octanol–water partition coefficient (Wildman–Crippen LogP) is 3.31. The van der Waals surface area contributed by atoms with Gasteiger partial charge in [-0.25, -0.2) is 0 Å². The van der Waals surface area contributed by atoms with Crippen molar-refractivity contribution in [3.63, 3.8) is 0 Å². The van der Waals surface area contributed by atoms with Crippen LogP contribution in [-0.4, -0.2) is 32.2 Å². The van der Waals surface area contributed by atoms with Crippen molar-refractivity contribution >= 4 is 11.9 Å². The third-order valence-corrected chi connectivity index (χ3v) is 3.32. The number of allylic oxidation sites excluding steroid dienone is 1. The van der Waals surface area contributed by atoms with Crippen LogP contribution in [0.15, 0.2) is 42.5 Å². The second kappa shape index (κ2) is 7.35. The Hall–Kier alpha value is -2.95. The van der Waals surface area contributed by atoms with E-state index in [9.17, 15) is 9.90 Å². The van der Waals surface area contributed by atoms with Gasteiger partial charge in [-0.2, -0.15) is 0 Å². The fourth-order valence-electron chi connectivity index (χ4n) is 2.05. The van der Waals surface area contributed by atoms with Gasteiger partial charge in [-0.1, -0.05) is 0 Å². The molecule has 0 aliphatic carbocycles. The highest BCUT2D eigenvalue weighted by Crippen LogP contribution is 2.28. The number of ketones is 1. The number of rotatable bonds is 6. The quantitative estimate of drug-likeness (QED) is 0.654. The normalized spacial score (nSPS) is 10.6. The van der Waals surface area contributed by atoms with Crippen molar-refractivity contribution < 1.29 is 24.1 Å². The Morgan fingerprint density at radius 1 is 0.957 bits per heavy atom. The zero-order valence-corrected chi connectivity index (χ0v) is 13.2. The summed E-state index contributed by atoms with van der Waals surface area (Å²) in [4.78, 5) is 12.2. The lowest BCUT2D eigenvalue weighted by Gasteiger charge is -2.07. The number of phenolic OH excluding ortho intramolecular Hbond substituents is 1. The van der Waals surface area contributed by atoms with Crippen LogP contribution in [0.25, 0.3) is 6.08 Å². The predicted molar refractivity (Wildman–Crippen MR) is 87.6 cm³/mol. The number of methoxy groups -OCH3 is 3. The van der Waals surface area contributed by atoms with Crippen LogP contribution in [0.3, 0.4) is 0 Å². The third kappa shape index (κ3) is 3.83. The topological polar surface area (TPSA) is 65.0 Å². The number of hydrogen-bond acceptors (Lipinski definition) is 5. The van der Waals surface area contributed by atoms with Gasteiger partial charge in [0.15, 0.2) is 17.3 Å². The first-order valence-electron chi connectivity index (χ1n) is 6.90. The van der Waals surface area contributed by atoms with Crippen LogP contribution in [0, 0.1) is 0 Å². The molecule has 2 rings (SSSR count). The van der Waals surface area contributed by atoms with Gasteiger partial charge >= 0.3 is 0 Å². The molecule has 5 heteroatoms. The van der Waals surface area contributed by atoms with Gasteiger partial charge < -0.3 is 19.3 Å². The summed E-state index contributed by atoms with van der Waals surface area (Å²) >= 11 is 0. The first-order valence-corrected chi connectivity index (χ1v) is 6.90. The molecule has 0 saturated carbocycles. The van der Waals surface area contributed by atoms with E-state index in [2.05, 4.69) is 0 Å². The first kappa shape index (κ1) is 16.4. The molecule has 2 aromatic rings. The summed E-state index contributed by atoms with van der Waals surface area (Å²) in [5.41, 5.74) is 1.18. The zero-order chi connectivity index (χ0) is 16.8. The van der Waals surface area contributed by atoms with E-state index in [0.29, 0.717) is 17.1 Å². The molecule has 0 spiro atoms. The minimum Gasteiger partial charge on any atom is -0.504 e. The Balaban J connectivity index is 2.24. The molecule has 0 saturated heterocycles. The monoisotopic (exact) mass is 314 g/mol. The van der Waals surface area contributed by atoms with Crippen molar-refractivity contribution in [1.29, 1.82) is 0 Å². The van der Waals surface area contributed by atoms with Crippen molar-refractivity contribution in [2.75, 3.05) is 21.3 Å². The highest BCUT2D eigenvalue weighted by molar-refractivity contribution is 6.07. The fraction of sp³-hybridized carbons (Fsp3) is 0.167. The second-order valence-corrected chi connectivity index (χ2v) is 4.69. The van der Waals surface area contributed by atoms with Gasteiger partial charge in [0.25, 0.3) is 0 Å². The lowest BCUT2D eigenvalue weighted by atomic mass is 10.1. The Morgan fingerprint density at radius 2 is 1.70 bits per heavy atom. The van der Waals surface area contributed by atoms with E-state index in [1.165, 1.54) is 31.4 Å². The molecule has 1 N–H and O–H groups in total. The number of carbonyl (C=O) groups excluding carboxylic acids is 1. The fourth-order valence-corrected chi connectivity index (χ4v) is 2.05. The second-order valence-electron chi connectivity index (χ2n) is 4.69. The van der Waals surface area contributed by atoms with Gasteiger partial charge in [-0.05, 0) is 42.5 Å². The van der Waals surface area contributed by atoms with Crippen LogP contribution in [0.1, 0.15) is 15.9 Å². The van der Waals surface area contributed by atoms with Crippen LogP contribution in [0.4, 0.5) is 0 Å². The molecule has 0 fully saturated rings. The highest BCUT2D eigenvalue weighted by Gasteiger charge is 2.08. The summed E-state index contributed by atoms with van der Waals surface area (Å²) in [6, 6.07) is 9.79. The molecule has 0 radical (unpaired) electrons. The van der Waals surface area contributed by atoms with E-state index in [0.717, 1.165) is 5.56 Å². The van der Waals surface area contributed by atoms with E-state index < -0.39 is 0 Å². The number of phenols is 1. The molecular formula is C18H18O5. The zero-order valence-electron chi connectivity index (χ0n) is 13.2. The van der Waals surface area contributed by atoms with Gasteiger partial charge in [0.1, 0.15) is 11.5 Å². The van der Waals surface area contributed by atoms with Gasteiger partial charge in [0.2, 0.25) is 0 Å². The number of ether oxygens (including phenoxy) is 3. The summed E-state index contributed by atoms with van der Waals surface area (Å²) in [6.45, 7) is 0. The summed E-state index contributed by atoms with van der Waals surface area (Å²) in [6.07, 6.45) is 3.11. The molecule has 5 nitrogen and oxygen atoms in total. The van der Waals surface area contributed by atoms with Crippen LogP contribution in [-0.2, 0) is 0 Å². The molecule has 0 atom stereocenters. The molecule has 23 heavy (non-hydrogen) atoms. The van der Waals surface area contributed by atoms with Gasteiger partial charge in [-0.3, -0.25) is 4.79 Å². The van der Waals surface area contributed by atoms with Crippen molar-refractivity contribution in [3.05, 3.63) is 53.6 Å². The molecule has 0 bridgehead atoms.